The zero-order valence-corrected chi connectivity index (χ0v) is 20.0. The number of aliphatic hydroxyl groups excluding tert-OH is 1. The maximum Gasteiger partial charge on any atom is 0.246 e. The maximum absolute atomic E-state index is 12.3. The van der Waals surface area contributed by atoms with Crippen molar-refractivity contribution >= 4 is 35.2 Å². The third kappa shape index (κ3) is 3.22. The Labute approximate surface area is 195 Å². The molecule has 0 spiro atoms. The molecule has 3 fully saturated rings. The van der Waals surface area contributed by atoms with E-state index in [9.17, 15) is 9.90 Å². The average Bonchev–Trinajstić information content (AvgIpc) is 2.95. The van der Waals surface area contributed by atoms with Crippen LogP contribution in [0, 0.1) is 28.6 Å². The Bertz CT molecular complexity index is 967. The van der Waals surface area contributed by atoms with Crippen LogP contribution in [-0.2, 0) is 4.79 Å². The van der Waals surface area contributed by atoms with Crippen LogP contribution >= 0.6 is 23.2 Å². The number of fused-ring (bicyclic) bond motifs is 5. The summed E-state index contributed by atoms with van der Waals surface area (Å²) in [6, 6.07) is 5.84. The summed E-state index contributed by atoms with van der Waals surface area (Å²) in [5.74, 6) is 1.69. The second-order valence-corrected chi connectivity index (χ2v) is 11.6. The molecule has 1 amide bonds. The van der Waals surface area contributed by atoms with E-state index in [2.05, 4.69) is 26.0 Å². The standard InChI is InChI=1S/C26H31Cl2NO2/c1-25-9-7-23(30)29(3)22(25)5-4-19-20(25)6-8-26(2)21(19)13-16(24(26)31)10-15-11-17(27)14-18(28)12-15/h7,9-12,14,19-22,24,31H,4-6,8,13H2,1-3H3/b16-10-/t19-,20+,21+,22-,24+,25-,26+/m1/s1. The third-order valence-electron chi connectivity index (χ3n) is 9.23. The summed E-state index contributed by atoms with van der Waals surface area (Å²) in [6.07, 6.45) is 10.8. The number of amides is 1. The molecular weight excluding hydrogens is 429 g/mol. The molecule has 3 nitrogen and oxygen atoms in total. The second-order valence-electron chi connectivity index (χ2n) is 10.7. The smallest absolute Gasteiger partial charge is 0.246 e. The summed E-state index contributed by atoms with van der Waals surface area (Å²) in [7, 11) is 1.96. The van der Waals surface area contributed by atoms with Crippen molar-refractivity contribution in [3.63, 3.8) is 0 Å². The van der Waals surface area contributed by atoms with Gasteiger partial charge in [0.15, 0.2) is 0 Å². The Balaban J connectivity index is 1.48. The number of carbonyl (C=O) groups excluding carboxylic acids is 1. The topological polar surface area (TPSA) is 40.5 Å². The number of carbonyl (C=O) groups is 1. The summed E-state index contributed by atoms with van der Waals surface area (Å²) < 4.78 is 0. The molecule has 5 heteroatoms. The van der Waals surface area contributed by atoms with Crippen LogP contribution in [0.25, 0.3) is 6.08 Å². The lowest BCUT2D eigenvalue weighted by Gasteiger charge is -2.59. The van der Waals surface area contributed by atoms with E-state index in [1.165, 1.54) is 0 Å². The average molecular weight is 460 g/mol. The number of hydrogen-bond donors (Lipinski definition) is 1. The van der Waals surface area contributed by atoms with E-state index in [-0.39, 0.29) is 22.8 Å². The first-order valence-electron chi connectivity index (χ1n) is 11.4. The van der Waals surface area contributed by atoms with Crippen LogP contribution in [0.1, 0.15) is 51.5 Å². The van der Waals surface area contributed by atoms with Crippen molar-refractivity contribution < 1.29 is 9.90 Å². The lowest BCUT2D eigenvalue weighted by molar-refractivity contribution is -0.140. The molecular formula is C26H31Cl2NO2. The van der Waals surface area contributed by atoms with Crippen molar-refractivity contribution in [2.45, 2.75) is 58.1 Å². The van der Waals surface area contributed by atoms with Gasteiger partial charge in [-0.25, -0.2) is 0 Å². The molecule has 7 atom stereocenters. The summed E-state index contributed by atoms with van der Waals surface area (Å²) in [5, 5.41) is 12.6. The van der Waals surface area contributed by atoms with E-state index in [1.54, 1.807) is 12.1 Å². The summed E-state index contributed by atoms with van der Waals surface area (Å²) in [4.78, 5) is 14.2. The highest BCUT2D eigenvalue weighted by atomic mass is 35.5. The number of hydrogen-bond acceptors (Lipinski definition) is 2. The largest absolute Gasteiger partial charge is 0.388 e. The fraction of sp³-hybridized carbons (Fsp3) is 0.577. The van der Waals surface area contributed by atoms with Crippen molar-refractivity contribution in [3.8, 4) is 0 Å². The predicted octanol–water partition coefficient (Wildman–Crippen LogP) is 5.99. The molecule has 0 radical (unpaired) electrons. The molecule has 0 bridgehead atoms. The van der Waals surface area contributed by atoms with E-state index in [0.29, 0.717) is 27.8 Å². The Morgan fingerprint density at radius 3 is 2.52 bits per heavy atom. The van der Waals surface area contributed by atoms with Crippen molar-refractivity contribution in [3.05, 3.63) is 51.5 Å². The van der Waals surface area contributed by atoms with Gasteiger partial charge in [0.1, 0.15) is 0 Å². The van der Waals surface area contributed by atoms with Crippen LogP contribution in [0.5, 0.6) is 0 Å². The highest BCUT2D eigenvalue weighted by molar-refractivity contribution is 6.34. The van der Waals surface area contributed by atoms with Crippen molar-refractivity contribution in [2.24, 2.45) is 28.6 Å². The van der Waals surface area contributed by atoms with Gasteiger partial charge in [0, 0.05) is 34.0 Å². The normalized spacial score (nSPS) is 43.0. The van der Waals surface area contributed by atoms with Gasteiger partial charge in [-0.1, -0.05) is 49.2 Å². The van der Waals surface area contributed by atoms with Crippen LogP contribution in [0.15, 0.2) is 35.9 Å². The summed E-state index contributed by atoms with van der Waals surface area (Å²) in [6.45, 7) is 4.64. The van der Waals surface area contributed by atoms with Crippen LogP contribution < -0.4 is 0 Å². The SMILES string of the molecule is CN1C(=O)C=C[C@]2(C)[C@H]3CC[C@]4(C)[C@@H](O)/C(=C\c5cc(Cl)cc(Cl)c5)C[C@H]4[C@@H]3CC[C@@H]12. The van der Waals surface area contributed by atoms with E-state index in [0.717, 1.165) is 43.2 Å². The zero-order chi connectivity index (χ0) is 22.1. The minimum absolute atomic E-state index is 0.0187. The van der Waals surface area contributed by atoms with Gasteiger partial charge < -0.3 is 10.0 Å². The van der Waals surface area contributed by atoms with Gasteiger partial charge in [0.2, 0.25) is 5.91 Å². The van der Waals surface area contributed by atoms with E-state index in [4.69, 9.17) is 23.2 Å². The molecule has 4 aliphatic rings. The van der Waals surface area contributed by atoms with E-state index >= 15 is 0 Å². The van der Waals surface area contributed by atoms with Crippen molar-refractivity contribution in [1.29, 1.82) is 0 Å². The van der Waals surface area contributed by atoms with E-state index < -0.39 is 6.10 Å². The molecule has 166 valence electrons. The first kappa shape index (κ1) is 21.6. The van der Waals surface area contributed by atoms with Crippen LogP contribution in [0.2, 0.25) is 10.0 Å². The Morgan fingerprint density at radius 1 is 1.10 bits per heavy atom. The maximum atomic E-state index is 12.3. The highest BCUT2D eigenvalue weighted by Gasteiger charge is 2.61. The number of halogens is 2. The lowest BCUT2D eigenvalue weighted by atomic mass is 9.48. The number of benzene rings is 1. The Hall–Kier alpha value is -1.29. The molecule has 3 aliphatic carbocycles. The lowest BCUT2D eigenvalue weighted by Crippen LogP contribution is -2.59. The first-order valence-corrected chi connectivity index (χ1v) is 12.2. The summed E-state index contributed by atoms with van der Waals surface area (Å²) in [5.41, 5.74) is 1.98. The van der Waals surface area contributed by atoms with Gasteiger partial charge in [-0.3, -0.25) is 4.79 Å². The minimum Gasteiger partial charge on any atom is -0.388 e. The molecule has 1 N–H and O–H groups in total. The molecule has 1 aliphatic heterocycles. The fourth-order valence-corrected chi connectivity index (χ4v) is 8.15. The van der Waals surface area contributed by atoms with Crippen LogP contribution in [0.3, 0.4) is 0 Å². The molecule has 5 rings (SSSR count). The number of nitrogens with zero attached hydrogens (tertiary/aromatic N) is 1. The van der Waals surface area contributed by atoms with Gasteiger partial charge in [-0.2, -0.15) is 0 Å². The van der Waals surface area contributed by atoms with Gasteiger partial charge >= 0.3 is 0 Å². The van der Waals surface area contributed by atoms with Crippen LogP contribution in [0.4, 0.5) is 0 Å². The van der Waals surface area contributed by atoms with Crippen LogP contribution in [-0.4, -0.2) is 35.1 Å². The molecule has 31 heavy (non-hydrogen) atoms. The molecule has 0 saturated heterocycles. The molecule has 3 saturated carbocycles. The van der Waals surface area contributed by atoms with Gasteiger partial charge in [0.25, 0.3) is 0 Å². The highest BCUT2D eigenvalue weighted by Crippen LogP contribution is 2.65. The second kappa shape index (κ2) is 7.37. The van der Waals surface area contributed by atoms with Crippen molar-refractivity contribution in [1.82, 2.24) is 4.90 Å². The zero-order valence-electron chi connectivity index (χ0n) is 18.4. The molecule has 1 heterocycles. The van der Waals surface area contributed by atoms with Gasteiger partial charge in [0.05, 0.1) is 6.10 Å². The Kier molecular flexibility index (Phi) is 5.12. The number of aliphatic hydroxyl groups is 1. The van der Waals surface area contributed by atoms with Crippen molar-refractivity contribution in [2.75, 3.05) is 7.05 Å². The quantitative estimate of drug-likeness (QED) is 0.560. The monoisotopic (exact) mass is 459 g/mol. The molecule has 1 aromatic rings. The molecule has 1 aromatic carbocycles. The minimum atomic E-state index is -0.437. The predicted molar refractivity (Wildman–Crippen MR) is 126 cm³/mol. The molecule has 0 aromatic heterocycles. The van der Waals surface area contributed by atoms with Gasteiger partial charge in [-0.15, -0.1) is 0 Å². The number of rotatable bonds is 1. The van der Waals surface area contributed by atoms with Gasteiger partial charge in [-0.05, 0) is 85.3 Å². The Morgan fingerprint density at radius 2 is 1.81 bits per heavy atom. The summed E-state index contributed by atoms with van der Waals surface area (Å²) >= 11 is 12.4. The fourth-order valence-electron chi connectivity index (χ4n) is 7.61. The van der Waals surface area contributed by atoms with E-state index in [1.807, 2.05) is 24.1 Å². The first-order chi connectivity index (χ1) is 14.6. The molecule has 0 unspecified atom stereocenters. The number of likely N-dealkylation sites (N-methyl/N-ethyl adjacent to an activating group) is 1. The third-order valence-corrected chi connectivity index (χ3v) is 9.67.